The number of nitrogens with zero attached hydrogens (tertiary/aromatic N) is 6. The van der Waals surface area contributed by atoms with Crippen molar-refractivity contribution in [3.05, 3.63) is 89.4 Å². The van der Waals surface area contributed by atoms with Gasteiger partial charge in [0.05, 0.1) is 16.8 Å². The molecule has 0 bridgehead atoms. The van der Waals surface area contributed by atoms with Gasteiger partial charge in [0, 0.05) is 29.8 Å². The zero-order valence-electron chi connectivity index (χ0n) is 17.0. The summed E-state index contributed by atoms with van der Waals surface area (Å²) in [7, 11) is 0. The first-order valence-electron chi connectivity index (χ1n) is 9.81. The fourth-order valence-corrected chi connectivity index (χ4v) is 3.54. The molecule has 0 radical (unpaired) electrons. The molecular weight excluding hydrogens is 411 g/mol. The van der Waals surface area contributed by atoms with Gasteiger partial charge in [-0.1, -0.05) is 35.5 Å². The maximum Gasteiger partial charge on any atom is 0.273 e. The van der Waals surface area contributed by atoms with E-state index in [1.165, 1.54) is 18.3 Å². The molecule has 0 aliphatic heterocycles. The van der Waals surface area contributed by atoms with Gasteiger partial charge < -0.3 is 0 Å². The fourth-order valence-electron chi connectivity index (χ4n) is 3.54. The summed E-state index contributed by atoms with van der Waals surface area (Å²) >= 11 is 0. The Morgan fingerprint density at radius 3 is 2.84 bits per heavy atom. The Bertz CT molecular complexity index is 1430. The number of nitrogens with one attached hydrogen (secondary N) is 2. The number of rotatable bonds is 5. The van der Waals surface area contributed by atoms with Crippen LogP contribution in [0.3, 0.4) is 0 Å². The molecule has 9 nitrogen and oxygen atoms in total. The van der Waals surface area contributed by atoms with Crippen molar-refractivity contribution in [1.29, 1.82) is 0 Å². The highest BCUT2D eigenvalue weighted by Gasteiger charge is 2.16. The van der Waals surface area contributed by atoms with Crippen molar-refractivity contribution in [1.82, 2.24) is 35.3 Å². The molecule has 0 aliphatic rings. The van der Waals surface area contributed by atoms with Crippen molar-refractivity contribution in [2.24, 2.45) is 0 Å². The van der Waals surface area contributed by atoms with Crippen LogP contribution in [-0.4, -0.2) is 41.2 Å². The Morgan fingerprint density at radius 2 is 2.06 bits per heavy atom. The first kappa shape index (κ1) is 19.5. The molecule has 1 amide bonds. The van der Waals surface area contributed by atoms with Crippen LogP contribution in [0.15, 0.2) is 60.9 Å². The van der Waals surface area contributed by atoms with E-state index in [1.54, 1.807) is 23.7 Å². The molecule has 3 heterocycles. The Balaban J connectivity index is 1.44. The number of carbonyl (C=O) groups is 1. The monoisotopic (exact) mass is 428 g/mol. The fraction of sp³-hybridized carbons (Fsp3) is 0.0909. The molecule has 5 rings (SSSR count). The molecule has 3 aromatic heterocycles. The summed E-state index contributed by atoms with van der Waals surface area (Å²) in [4.78, 5) is 21.6. The summed E-state index contributed by atoms with van der Waals surface area (Å²) < 4.78 is 15.2. The molecule has 0 spiro atoms. The number of para-hydroxylation sites is 1. The molecule has 5 aromatic rings. The predicted molar refractivity (Wildman–Crippen MR) is 115 cm³/mol. The van der Waals surface area contributed by atoms with E-state index in [0.29, 0.717) is 34.9 Å². The number of hydrogen-bond donors (Lipinski definition) is 2. The van der Waals surface area contributed by atoms with Crippen molar-refractivity contribution in [3.8, 4) is 11.4 Å². The lowest BCUT2D eigenvalue weighted by atomic mass is 10.1. The average molecular weight is 428 g/mol. The van der Waals surface area contributed by atoms with Gasteiger partial charge in [0.25, 0.3) is 5.91 Å². The second kappa shape index (κ2) is 7.99. The van der Waals surface area contributed by atoms with Crippen LogP contribution in [-0.2, 0) is 6.42 Å². The van der Waals surface area contributed by atoms with E-state index in [2.05, 4.69) is 36.0 Å². The molecule has 0 unspecified atom stereocenters. The van der Waals surface area contributed by atoms with E-state index in [-0.39, 0.29) is 11.7 Å². The quantitative estimate of drug-likeness (QED) is 0.445. The molecular formula is C22H17FN8O. The Labute approximate surface area is 181 Å². The van der Waals surface area contributed by atoms with E-state index in [9.17, 15) is 9.18 Å². The highest BCUT2D eigenvalue weighted by Crippen LogP contribution is 2.23. The Hall–Kier alpha value is -4.47. The van der Waals surface area contributed by atoms with Gasteiger partial charge >= 0.3 is 0 Å². The van der Waals surface area contributed by atoms with Crippen molar-refractivity contribution >= 4 is 16.8 Å². The molecule has 0 aliphatic carbocycles. The van der Waals surface area contributed by atoms with Crippen LogP contribution >= 0.6 is 0 Å². The first-order valence-corrected chi connectivity index (χ1v) is 9.81. The topological polar surface area (TPSA) is 114 Å². The summed E-state index contributed by atoms with van der Waals surface area (Å²) in [5.74, 6) is 0.172. The van der Waals surface area contributed by atoms with E-state index >= 15 is 0 Å². The molecule has 0 fully saturated rings. The third-order valence-electron chi connectivity index (χ3n) is 5.06. The summed E-state index contributed by atoms with van der Waals surface area (Å²) in [6.45, 7) is 1.72. The van der Waals surface area contributed by atoms with Crippen LogP contribution < -0.4 is 5.43 Å². The average Bonchev–Trinajstić information content (AvgIpc) is 3.42. The van der Waals surface area contributed by atoms with Crippen LogP contribution in [0, 0.1) is 12.7 Å². The van der Waals surface area contributed by atoms with Crippen LogP contribution in [0.2, 0.25) is 0 Å². The van der Waals surface area contributed by atoms with Crippen molar-refractivity contribution < 1.29 is 9.18 Å². The molecule has 0 saturated heterocycles. The van der Waals surface area contributed by atoms with E-state index < -0.39 is 0 Å². The zero-order valence-corrected chi connectivity index (χ0v) is 17.0. The lowest BCUT2D eigenvalue weighted by Crippen LogP contribution is -2.23. The number of H-pyrrole nitrogens is 1. The molecule has 32 heavy (non-hydrogen) atoms. The van der Waals surface area contributed by atoms with Crippen molar-refractivity contribution in [2.45, 2.75) is 13.3 Å². The largest absolute Gasteiger partial charge is 0.273 e. The number of benzene rings is 2. The Morgan fingerprint density at radius 1 is 1.19 bits per heavy atom. The van der Waals surface area contributed by atoms with Crippen molar-refractivity contribution in [2.75, 3.05) is 5.43 Å². The molecule has 2 N–H and O–H groups in total. The summed E-state index contributed by atoms with van der Waals surface area (Å²) in [5.41, 5.74) is 6.01. The highest BCUT2D eigenvalue weighted by molar-refractivity contribution is 6.01. The minimum absolute atomic E-state index is 0.322. The molecule has 158 valence electrons. The standard InChI is InChI=1S/C22H17FN8O/c1-13-18(11-24-21(25-13)14-5-4-6-16(23)9-14)22(32)28-31-12-15(10-20-26-29-30-27-20)17-7-2-3-8-19(17)31/h2-9,11-12H,10H2,1H3,(H,28,32)(H,26,27,29,30). The van der Waals surface area contributed by atoms with Gasteiger partial charge in [-0.2, -0.15) is 5.21 Å². The van der Waals surface area contributed by atoms with Gasteiger partial charge in [-0.25, -0.2) is 14.4 Å². The van der Waals surface area contributed by atoms with E-state index in [0.717, 1.165) is 16.5 Å². The maximum atomic E-state index is 13.5. The van der Waals surface area contributed by atoms with Crippen LogP contribution in [0.1, 0.15) is 27.4 Å². The lowest BCUT2D eigenvalue weighted by Gasteiger charge is -2.10. The molecule has 0 atom stereocenters. The highest BCUT2D eigenvalue weighted by atomic mass is 19.1. The van der Waals surface area contributed by atoms with Crippen LogP contribution in [0.5, 0.6) is 0 Å². The minimum atomic E-state index is -0.373. The SMILES string of the molecule is Cc1nc(-c2cccc(F)c2)ncc1C(=O)Nn1cc(Cc2nn[nH]n2)c2ccccc21. The third-order valence-corrected chi connectivity index (χ3v) is 5.06. The van der Waals surface area contributed by atoms with E-state index in [1.807, 2.05) is 30.5 Å². The van der Waals surface area contributed by atoms with E-state index in [4.69, 9.17) is 0 Å². The summed E-state index contributed by atoms with van der Waals surface area (Å²) in [6.07, 6.45) is 3.74. The number of hydrogen-bond acceptors (Lipinski definition) is 6. The normalized spacial score (nSPS) is 11.1. The summed E-state index contributed by atoms with van der Waals surface area (Å²) in [6, 6.07) is 13.7. The zero-order chi connectivity index (χ0) is 22.1. The molecule has 0 saturated carbocycles. The van der Waals surface area contributed by atoms with Crippen LogP contribution in [0.25, 0.3) is 22.3 Å². The van der Waals surface area contributed by atoms with Gasteiger partial charge in [0.1, 0.15) is 5.82 Å². The predicted octanol–water partition coefficient (Wildman–Crippen LogP) is 3.03. The van der Waals surface area contributed by atoms with Gasteiger partial charge in [0.2, 0.25) is 0 Å². The number of aryl methyl sites for hydroxylation is 1. The minimum Gasteiger partial charge on any atom is -0.267 e. The van der Waals surface area contributed by atoms with Crippen LogP contribution in [0.4, 0.5) is 4.39 Å². The molecule has 10 heteroatoms. The maximum absolute atomic E-state index is 13.5. The van der Waals surface area contributed by atoms with Crippen molar-refractivity contribution in [3.63, 3.8) is 0 Å². The number of amides is 1. The van der Waals surface area contributed by atoms with Gasteiger partial charge in [-0.15, -0.1) is 10.2 Å². The van der Waals surface area contributed by atoms with Gasteiger partial charge in [-0.3, -0.25) is 14.9 Å². The molecule has 2 aromatic carbocycles. The number of carbonyl (C=O) groups excluding carboxylic acids is 1. The second-order valence-corrected chi connectivity index (χ2v) is 7.19. The number of aromatic nitrogens is 7. The third kappa shape index (κ3) is 3.69. The first-order chi connectivity index (χ1) is 15.6. The Kier molecular flexibility index (Phi) is 4.86. The number of tetrazole rings is 1. The smallest absolute Gasteiger partial charge is 0.267 e. The number of aromatic amines is 1. The summed E-state index contributed by atoms with van der Waals surface area (Å²) in [5, 5.41) is 15.0. The van der Waals surface area contributed by atoms with Gasteiger partial charge in [-0.05, 0) is 30.7 Å². The number of halogens is 1. The number of fused-ring (bicyclic) bond motifs is 1. The lowest BCUT2D eigenvalue weighted by molar-refractivity contribution is 0.101. The second-order valence-electron chi connectivity index (χ2n) is 7.19. The van der Waals surface area contributed by atoms with Gasteiger partial charge in [0.15, 0.2) is 11.6 Å².